The summed E-state index contributed by atoms with van der Waals surface area (Å²) in [5.41, 5.74) is 0.397. The van der Waals surface area contributed by atoms with E-state index in [0.717, 1.165) is 25.7 Å². The van der Waals surface area contributed by atoms with Gasteiger partial charge in [-0.3, -0.25) is 9.69 Å². The monoisotopic (exact) mass is 403 g/mol. The second kappa shape index (κ2) is 8.63. The van der Waals surface area contributed by atoms with Crippen LogP contribution in [0.2, 0.25) is 0 Å². The molecule has 0 radical (unpaired) electrons. The molecular weight excluding hydrogens is 377 g/mol. The Morgan fingerprint density at radius 1 is 1.28 bits per heavy atom. The van der Waals surface area contributed by atoms with Gasteiger partial charge in [0.2, 0.25) is 11.7 Å². The van der Waals surface area contributed by atoms with Crippen LogP contribution >= 0.6 is 0 Å². The minimum atomic E-state index is -1.51. The molecule has 1 N–H and O–H groups in total. The van der Waals surface area contributed by atoms with Crippen LogP contribution in [-0.2, 0) is 4.79 Å². The Labute approximate surface area is 169 Å². The number of carbonyl (C=O) groups excluding carboxylic acids is 1. The zero-order valence-electron chi connectivity index (χ0n) is 16.8. The van der Waals surface area contributed by atoms with Gasteiger partial charge in [0.1, 0.15) is 5.82 Å². The van der Waals surface area contributed by atoms with E-state index in [2.05, 4.69) is 12.0 Å². The van der Waals surface area contributed by atoms with Gasteiger partial charge in [-0.05, 0) is 63.6 Å². The van der Waals surface area contributed by atoms with Gasteiger partial charge in [-0.15, -0.1) is 5.10 Å². The van der Waals surface area contributed by atoms with E-state index in [4.69, 9.17) is 9.84 Å². The first kappa shape index (κ1) is 20.8. The van der Waals surface area contributed by atoms with E-state index < -0.39 is 12.0 Å². The number of aromatic nitrogens is 2. The third-order valence-corrected chi connectivity index (χ3v) is 5.28. The maximum Gasteiger partial charge on any atom is 0.511 e. The molecule has 1 fully saturated rings. The molecule has 0 atom stereocenters. The number of nitrogens with zero attached hydrogens (tertiary/aromatic N) is 3. The number of hydrogen-bond donors (Lipinski definition) is 1. The number of halogens is 1. The highest BCUT2D eigenvalue weighted by molar-refractivity contribution is 5.96. The SMILES string of the molecule is CC(C)N(c1nn(-c2cccc(F)c2)cc1OC(=O)O)C(=O)[C@H]1CC[C@H](C)CC1. The van der Waals surface area contributed by atoms with E-state index in [9.17, 15) is 14.0 Å². The number of carboxylic acid groups (broad SMARTS) is 1. The highest BCUT2D eigenvalue weighted by atomic mass is 19.1. The number of ether oxygens (including phenoxy) is 1. The molecule has 156 valence electrons. The molecule has 0 saturated heterocycles. The fourth-order valence-electron chi connectivity index (χ4n) is 3.74. The lowest BCUT2D eigenvalue weighted by Crippen LogP contribution is -2.42. The Balaban J connectivity index is 2.00. The maximum atomic E-state index is 13.6. The first-order chi connectivity index (χ1) is 13.8. The van der Waals surface area contributed by atoms with Gasteiger partial charge in [0, 0.05) is 12.0 Å². The minimum Gasteiger partial charge on any atom is -0.449 e. The summed E-state index contributed by atoms with van der Waals surface area (Å²) in [5.74, 6) is -0.0153. The molecule has 1 saturated carbocycles. The van der Waals surface area contributed by atoms with Crippen LogP contribution in [0.1, 0.15) is 46.5 Å². The lowest BCUT2D eigenvalue weighted by atomic mass is 9.82. The van der Waals surface area contributed by atoms with E-state index in [1.54, 1.807) is 6.07 Å². The van der Waals surface area contributed by atoms with Gasteiger partial charge in [-0.2, -0.15) is 0 Å². The molecule has 1 aliphatic carbocycles. The minimum absolute atomic E-state index is 0.0620. The van der Waals surface area contributed by atoms with Gasteiger partial charge in [0.15, 0.2) is 5.75 Å². The zero-order valence-corrected chi connectivity index (χ0v) is 16.8. The summed E-state index contributed by atoms with van der Waals surface area (Å²) in [6, 6.07) is 5.48. The van der Waals surface area contributed by atoms with E-state index in [1.807, 2.05) is 13.8 Å². The standard InChI is InChI=1S/C21H26FN3O4/c1-13(2)25(20(26)15-9-7-14(3)8-10-15)19-18(29-21(27)28)12-24(23-19)17-6-4-5-16(22)11-17/h4-6,11-15H,7-10H2,1-3H3,(H,27,28)/t14-,15-. The molecule has 7 nitrogen and oxygen atoms in total. The van der Waals surface area contributed by atoms with Crippen molar-refractivity contribution in [2.45, 2.75) is 52.5 Å². The smallest absolute Gasteiger partial charge is 0.449 e. The van der Waals surface area contributed by atoms with Crippen molar-refractivity contribution >= 4 is 17.9 Å². The average Bonchev–Trinajstić information content (AvgIpc) is 3.05. The molecule has 0 aliphatic heterocycles. The number of rotatable bonds is 5. The third kappa shape index (κ3) is 4.75. The molecule has 29 heavy (non-hydrogen) atoms. The highest BCUT2D eigenvalue weighted by Crippen LogP contribution is 2.35. The van der Waals surface area contributed by atoms with Crippen LogP contribution in [0, 0.1) is 17.7 Å². The third-order valence-electron chi connectivity index (χ3n) is 5.28. The zero-order chi connectivity index (χ0) is 21.1. The van der Waals surface area contributed by atoms with E-state index in [1.165, 1.54) is 34.0 Å². The van der Waals surface area contributed by atoms with Crippen molar-refractivity contribution in [1.29, 1.82) is 0 Å². The van der Waals surface area contributed by atoms with Gasteiger partial charge in [0.25, 0.3) is 0 Å². The Morgan fingerprint density at radius 2 is 1.97 bits per heavy atom. The second-order valence-electron chi connectivity index (χ2n) is 7.87. The number of anilines is 1. The summed E-state index contributed by atoms with van der Waals surface area (Å²) in [6.07, 6.45) is 3.40. The van der Waals surface area contributed by atoms with Crippen molar-refractivity contribution in [1.82, 2.24) is 9.78 Å². The van der Waals surface area contributed by atoms with E-state index in [0.29, 0.717) is 11.6 Å². The summed E-state index contributed by atoms with van der Waals surface area (Å²) in [5, 5.41) is 13.5. The van der Waals surface area contributed by atoms with Crippen LogP contribution in [0.3, 0.4) is 0 Å². The summed E-state index contributed by atoms with van der Waals surface area (Å²) in [4.78, 5) is 26.0. The molecule has 1 heterocycles. The number of hydrogen-bond acceptors (Lipinski definition) is 4. The molecule has 2 aromatic rings. The topological polar surface area (TPSA) is 84.7 Å². The fraction of sp³-hybridized carbons (Fsp3) is 0.476. The van der Waals surface area contributed by atoms with Gasteiger partial charge < -0.3 is 9.84 Å². The van der Waals surface area contributed by atoms with Gasteiger partial charge >= 0.3 is 6.16 Å². The number of carbonyl (C=O) groups is 2. The molecular formula is C21H26FN3O4. The first-order valence-corrected chi connectivity index (χ1v) is 9.85. The van der Waals surface area contributed by atoms with E-state index in [-0.39, 0.29) is 29.4 Å². The molecule has 0 spiro atoms. The van der Waals surface area contributed by atoms with Crippen molar-refractivity contribution in [3.8, 4) is 11.4 Å². The normalized spacial score (nSPS) is 19.2. The highest BCUT2D eigenvalue weighted by Gasteiger charge is 2.34. The quantitative estimate of drug-likeness (QED) is 0.736. The van der Waals surface area contributed by atoms with Crippen LogP contribution in [0.25, 0.3) is 5.69 Å². The van der Waals surface area contributed by atoms with E-state index >= 15 is 0 Å². The lowest BCUT2D eigenvalue weighted by molar-refractivity contribution is -0.124. The fourth-order valence-corrected chi connectivity index (χ4v) is 3.74. The van der Waals surface area contributed by atoms with Crippen LogP contribution in [0.4, 0.5) is 15.0 Å². The Bertz CT molecular complexity index is 888. The molecule has 1 amide bonds. The molecule has 1 aromatic heterocycles. The van der Waals surface area contributed by atoms with Crippen molar-refractivity contribution < 1.29 is 23.8 Å². The predicted octanol–water partition coefficient (Wildman–Crippen LogP) is 4.64. The van der Waals surface area contributed by atoms with Crippen molar-refractivity contribution in [3.05, 3.63) is 36.3 Å². The Kier molecular flexibility index (Phi) is 6.20. The summed E-state index contributed by atoms with van der Waals surface area (Å²) in [7, 11) is 0. The Hall–Kier alpha value is -2.90. The largest absolute Gasteiger partial charge is 0.511 e. The first-order valence-electron chi connectivity index (χ1n) is 9.85. The van der Waals surface area contributed by atoms with Crippen molar-refractivity contribution in [3.63, 3.8) is 0 Å². The summed E-state index contributed by atoms with van der Waals surface area (Å²) in [6.45, 7) is 5.87. The lowest BCUT2D eigenvalue weighted by Gasteiger charge is -2.32. The van der Waals surface area contributed by atoms with Crippen LogP contribution in [0.15, 0.2) is 30.5 Å². The van der Waals surface area contributed by atoms with Crippen LogP contribution < -0.4 is 9.64 Å². The number of amides is 1. The maximum absolute atomic E-state index is 13.6. The molecule has 3 rings (SSSR count). The van der Waals surface area contributed by atoms with Gasteiger partial charge in [-0.25, -0.2) is 13.9 Å². The summed E-state index contributed by atoms with van der Waals surface area (Å²) >= 11 is 0. The summed E-state index contributed by atoms with van der Waals surface area (Å²) < 4.78 is 19.9. The van der Waals surface area contributed by atoms with Crippen LogP contribution in [0.5, 0.6) is 5.75 Å². The number of benzene rings is 1. The van der Waals surface area contributed by atoms with Gasteiger partial charge in [-0.1, -0.05) is 13.0 Å². The Morgan fingerprint density at radius 3 is 2.55 bits per heavy atom. The molecule has 0 bridgehead atoms. The average molecular weight is 403 g/mol. The molecule has 1 aromatic carbocycles. The van der Waals surface area contributed by atoms with Gasteiger partial charge in [0.05, 0.1) is 11.9 Å². The van der Waals surface area contributed by atoms with Crippen LogP contribution in [-0.4, -0.2) is 33.0 Å². The molecule has 0 unspecified atom stereocenters. The molecule has 1 aliphatic rings. The van der Waals surface area contributed by atoms with Crippen molar-refractivity contribution in [2.75, 3.05) is 4.90 Å². The molecule has 8 heteroatoms. The van der Waals surface area contributed by atoms with Crippen molar-refractivity contribution in [2.24, 2.45) is 11.8 Å². The predicted molar refractivity (Wildman–Crippen MR) is 106 cm³/mol. The second-order valence-corrected chi connectivity index (χ2v) is 7.87.